The zero-order valence-electron chi connectivity index (χ0n) is 20.9. The number of Topliss-reactive ketones (excluding diaryl/α,β-unsaturated/α-hetero) is 1. The Morgan fingerprint density at radius 1 is 0.971 bits per heavy atom. The van der Waals surface area contributed by atoms with Crippen molar-refractivity contribution >= 4 is 18.0 Å². The van der Waals surface area contributed by atoms with Gasteiger partial charge in [0, 0.05) is 31.6 Å². The summed E-state index contributed by atoms with van der Waals surface area (Å²) in [5, 5.41) is 0. The van der Waals surface area contributed by atoms with Gasteiger partial charge in [-0.1, -0.05) is 42.5 Å². The number of nitrogens with zero attached hydrogens (tertiary/aromatic N) is 2. The molecular formula is C27H34N2O6. The van der Waals surface area contributed by atoms with E-state index in [-0.39, 0.29) is 18.4 Å². The van der Waals surface area contributed by atoms with Crippen LogP contribution in [0.3, 0.4) is 0 Å². The molecule has 0 unspecified atom stereocenters. The average molecular weight is 483 g/mol. The van der Waals surface area contributed by atoms with Crippen LogP contribution in [0.4, 0.5) is 9.59 Å². The van der Waals surface area contributed by atoms with Crippen molar-refractivity contribution in [1.82, 2.24) is 9.80 Å². The number of ether oxygens (including phenoxy) is 3. The van der Waals surface area contributed by atoms with Crippen LogP contribution in [0.2, 0.25) is 0 Å². The minimum absolute atomic E-state index is 0.0384. The smallest absolute Gasteiger partial charge is 0.410 e. The van der Waals surface area contributed by atoms with Gasteiger partial charge < -0.3 is 24.0 Å². The Morgan fingerprint density at radius 3 is 2.40 bits per heavy atom. The summed E-state index contributed by atoms with van der Waals surface area (Å²) >= 11 is 0. The van der Waals surface area contributed by atoms with Gasteiger partial charge in [0.2, 0.25) is 0 Å². The fourth-order valence-corrected chi connectivity index (χ4v) is 3.76. The van der Waals surface area contributed by atoms with Crippen LogP contribution in [0.1, 0.15) is 50.0 Å². The summed E-state index contributed by atoms with van der Waals surface area (Å²) in [5.41, 5.74) is 0.852. The van der Waals surface area contributed by atoms with Crippen molar-refractivity contribution in [3.8, 4) is 5.75 Å². The number of amides is 2. The molecule has 1 saturated heterocycles. The first-order valence-electron chi connectivity index (χ1n) is 11.8. The molecule has 1 fully saturated rings. The van der Waals surface area contributed by atoms with Gasteiger partial charge in [0.25, 0.3) is 0 Å². The maximum Gasteiger partial charge on any atom is 0.410 e. The summed E-state index contributed by atoms with van der Waals surface area (Å²) in [6.45, 7) is 8.46. The maximum absolute atomic E-state index is 12.9. The summed E-state index contributed by atoms with van der Waals surface area (Å²) in [7, 11) is 0. The van der Waals surface area contributed by atoms with Crippen molar-refractivity contribution in [2.75, 3.05) is 26.2 Å². The van der Waals surface area contributed by atoms with Crippen molar-refractivity contribution in [2.24, 2.45) is 0 Å². The van der Waals surface area contributed by atoms with Crippen molar-refractivity contribution in [3.63, 3.8) is 0 Å². The Balaban J connectivity index is 1.63. The van der Waals surface area contributed by atoms with Gasteiger partial charge in [0.1, 0.15) is 18.0 Å². The molecule has 1 aliphatic heterocycles. The highest BCUT2D eigenvalue weighted by Crippen LogP contribution is 2.20. The quantitative estimate of drug-likeness (QED) is 0.521. The highest BCUT2D eigenvalue weighted by molar-refractivity contribution is 5.94. The largest absolute Gasteiger partial charge is 0.493 e. The molecule has 0 aromatic heterocycles. The number of benzene rings is 2. The molecule has 1 aliphatic rings. The van der Waals surface area contributed by atoms with Gasteiger partial charge >= 0.3 is 12.2 Å². The highest BCUT2D eigenvalue weighted by atomic mass is 16.6. The second-order valence-electron chi connectivity index (χ2n) is 9.53. The van der Waals surface area contributed by atoms with Crippen molar-refractivity contribution < 1.29 is 28.6 Å². The molecule has 8 heteroatoms. The second kappa shape index (κ2) is 11.7. The molecule has 0 aliphatic carbocycles. The lowest BCUT2D eigenvalue weighted by molar-refractivity contribution is -0.00615. The van der Waals surface area contributed by atoms with Crippen LogP contribution in [0.15, 0.2) is 54.6 Å². The molecule has 2 aromatic rings. The van der Waals surface area contributed by atoms with E-state index in [1.54, 1.807) is 34.1 Å². The monoisotopic (exact) mass is 482 g/mol. The molecule has 0 radical (unpaired) electrons. The average Bonchev–Trinajstić information content (AvgIpc) is 2.82. The SMILES string of the molecule is CC(=O)c1cccc(OCC[C@@H]2CN(C(=O)OCc3ccccc3)CCN2C(=O)OC(C)(C)C)c1. The third-order valence-electron chi connectivity index (χ3n) is 5.53. The number of hydrogen-bond acceptors (Lipinski definition) is 6. The van der Waals surface area contributed by atoms with E-state index in [4.69, 9.17) is 14.2 Å². The van der Waals surface area contributed by atoms with E-state index in [1.807, 2.05) is 51.1 Å². The summed E-state index contributed by atoms with van der Waals surface area (Å²) in [5.74, 6) is 0.542. The normalized spacial score (nSPS) is 15.9. The number of piperazine rings is 1. The highest BCUT2D eigenvalue weighted by Gasteiger charge is 2.35. The molecule has 8 nitrogen and oxygen atoms in total. The van der Waals surface area contributed by atoms with E-state index in [9.17, 15) is 14.4 Å². The number of rotatable bonds is 7. The van der Waals surface area contributed by atoms with E-state index in [1.165, 1.54) is 6.92 Å². The number of ketones is 1. The van der Waals surface area contributed by atoms with Crippen LogP contribution in [-0.4, -0.2) is 65.7 Å². The molecular weight excluding hydrogens is 448 g/mol. The van der Waals surface area contributed by atoms with E-state index < -0.39 is 17.8 Å². The van der Waals surface area contributed by atoms with Gasteiger partial charge in [0.15, 0.2) is 5.78 Å². The lowest BCUT2D eigenvalue weighted by atomic mass is 10.1. The van der Waals surface area contributed by atoms with Crippen LogP contribution >= 0.6 is 0 Å². The Morgan fingerprint density at radius 2 is 1.71 bits per heavy atom. The zero-order valence-corrected chi connectivity index (χ0v) is 20.9. The van der Waals surface area contributed by atoms with Crippen LogP contribution < -0.4 is 4.74 Å². The molecule has 2 amide bonds. The summed E-state index contributed by atoms with van der Waals surface area (Å²) in [6, 6.07) is 16.2. The van der Waals surface area contributed by atoms with Gasteiger partial charge in [-0.3, -0.25) is 4.79 Å². The molecule has 1 heterocycles. The standard InChI is InChI=1S/C27H34N2O6/c1-20(30)22-11-8-12-24(17-22)33-16-13-23-18-28(14-15-29(23)26(32)35-27(2,3)4)25(31)34-19-21-9-6-5-7-10-21/h5-12,17,23H,13-16,18-19H2,1-4H3/t23-/m1/s1. The van der Waals surface area contributed by atoms with Gasteiger partial charge in [-0.15, -0.1) is 0 Å². The van der Waals surface area contributed by atoms with E-state index >= 15 is 0 Å². The molecule has 0 saturated carbocycles. The zero-order chi connectivity index (χ0) is 25.4. The minimum Gasteiger partial charge on any atom is -0.493 e. The summed E-state index contributed by atoms with van der Waals surface area (Å²) < 4.78 is 16.9. The van der Waals surface area contributed by atoms with Gasteiger partial charge in [-0.05, 0) is 45.4 Å². The van der Waals surface area contributed by atoms with Crippen LogP contribution in [0.5, 0.6) is 5.75 Å². The number of hydrogen-bond donors (Lipinski definition) is 0. The van der Waals surface area contributed by atoms with Crippen LogP contribution in [0.25, 0.3) is 0 Å². The first-order valence-corrected chi connectivity index (χ1v) is 11.8. The molecule has 0 bridgehead atoms. The third-order valence-corrected chi connectivity index (χ3v) is 5.53. The van der Waals surface area contributed by atoms with Gasteiger partial charge in [0.05, 0.1) is 12.6 Å². The molecule has 3 rings (SSSR count). The van der Waals surface area contributed by atoms with Crippen molar-refractivity contribution in [2.45, 2.75) is 52.4 Å². The first kappa shape index (κ1) is 26.1. The second-order valence-corrected chi connectivity index (χ2v) is 9.53. The third kappa shape index (κ3) is 8.02. The van der Waals surface area contributed by atoms with Gasteiger partial charge in [-0.25, -0.2) is 9.59 Å². The Kier molecular flexibility index (Phi) is 8.73. The van der Waals surface area contributed by atoms with E-state index in [0.717, 1.165) is 5.56 Å². The predicted octanol–water partition coefficient (Wildman–Crippen LogP) is 4.92. The summed E-state index contributed by atoms with van der Waals surface area (Å²) in [6.07, 6.45) is -0.359. The molecule has 0 spiro atoms. The lowest BCUT2D eigenvalue weighted by Crippen LogP contribution is -2.57. The van der Waals surface area contributed by atoms with Crippen LogP contribution in [-0.2, 0) is 16.1 Å². The molecule has 1 atom stereocenters. The van der Waals surface area contributed by atoms with Crippen molar-refractivity contribution in [1.29, 1.82) is 0 Å². The number of carbonyl (C=O) groups excluding carboxylic acids is 3. The molecule has 2 aromatic carbocycles. The fraction of sp³-hybridized carbons (Fsp3) is 0.444. The van der Waals surface area contributed by atoms with Crippen molar-refractivity contribution in [3.05, 3.63) is 65.7 Å². The molecule has 35 heavy (non-hydrogen) atoms. The van der Waals surface area contributed by atoms with Crippen LogP contribution in [0, 0.1) is 0 Å². The fourth-order valence-electron chi connectivity index (χ4n) is 3.76. The Bertz CT molecular complexity index is 1020. The predicted molar refractivity (Wildman–Crippen MR) is 131 cm³/mol. The molecule has 188 valence electrons. The molecule has 0 N–H and O–H groups in total. The Labute approximate surface area is 206 Å². The van der Waals surface area contributed by atoms with Gasteiger partial charge in [-0.2, -0.15) is 0 Å². The lowest BCUT2D eigenvalue weighted by Gasteiger charge is -2.41. The topological polar surface area (TPSA) is 85.4 Å². The van der Waals surface area contributed by atoms with E-state index in [0.29, 0.717) is 44.0 Å². The summed E-state index contributed by atoms with van der Waals surface area (Å²) in [4.78, 5) is 40.5. The number of carbonyl (C=O) groups is 3. The van der Waals surface area contributed by atoms with E-state index in [2.05, 4.69) is 0 Å². The minimum atomic E-state index is -0.628. The Hall–Kier alpha value is -3.55. The maximum atomic E-state index is 12.9. The first-order chi connectivity index (χ1) is 16.6.